The highest BCUT2D eigenvalue weighted by Crippen LogP contribution is 2.38. The summed E-state index contributed by atoms with van der Waals surface area (Å²) in [6.07, 6.45) is 0. The van der Waals surface area contributed by atoms with Gasteiger partial charge in [-0.05, 0) is 66.5 Å². The summed E-state index contributed by atoms with van der Waals surface area (Å²) in [4.78, 5) is 20.1. The van der Waals surface area contributed by atoms with Crippen LogP contribution in [0.5, 0.6) is 0 Å². The highest BCUT2D eigenvalue weighted by molar-refractivity contribution is 8.00. The lowest BCUT2D eigenvalue weighted by molar-refractivity contribution is -0.115. The summed E-state index contributed by atoms with van der Waals surface area (Å²) < 4.78 is 0. The van der Waals surface area contributed by atoms with Crippen molar-refractivity contribution in [1.29, 1.82) is 0 Å². The van der Waals surface area contributed by atoms with Crippen molar-refractivity contribution in [3.05, 3.63) is 113 Å². The zero-order valence-corrected chi connectivity index (χ0v) is 23.6. The Morgan fingerprint density at radius 1 is 0.868 bits per heavy atom. The first-order valence-electron chi connectivity index (χ1n) is 11.8. The molecule has 0 saturated heterocycles. The van der Waals surface area contributed by atoms with E-state index in [9.17, 15) is 4.79 Å². The molecule has 1 atom stereocenters. The largest absolute Gasteiger partial charge is 0.332 e. The van der Waals surface area contributed by atoms with E-state index in [-0.39, 0.29) is 5.91 Å². The van der Waals surface area contributed by atoms with E-state index < -0.39 is 5.25 Å². The van der Waals surface area contributed by atoms with Gasteiger partial charge in [-0.1, -0.05) is 60.2 Å². The Kier molecular flexibility index (Phi) is 8.50. The van der Waals surface area contributed by atoms with Crippen molar-refractivity contribution in [3.63, 3.8) is 0 Å². The molecule has 5 aromatic rings. The molecule has 0 radical (unpaired) electrons. The number of nitrogens with one attached hydrogen (secondary N) is 3. The number of thiocarbonyl (C=S) groups is 1. The lowest BCUT2D eigenvalue weighted by Gasteiger charge is -2.17. The molecule has 3 aromatic carbocycles. The van der Waals surface area contributed by atoms with E-state index in [2.05, 4.69) is 20.9 Å². The monoisotopic (exact) mass is 572 g/mol. The molecule has 0 fully saturated rings. The minimum Gasteiger partial charge on any atom is -0.332 e. The Morgan fingerprint density at radius 2 is 1.66 bits per heavy atom. The summed E-state index contributed by atoms with van der Waals surface area (Å²) in [7, 11) is 0. The van der Waals surface area contributed by atoms with Crippen molar-refractivity contribution >= 4 is 74.2 Å². The molecule has 5 nitrogen and oxygen atoms in total. The van der Waals surface area contributed by atoms with Crippen LogP contribution >= 0.6 is 46.7 Å². The van der Waals surface area contributed by atoms with Gasteiger partial charge in [-0.2, -0.15) is 0 Å². The molecule has 38 heavy (non-hydrogen) atoms. The molecule has 0 aliphatic carbocycles. The third-order valence-corrected chi connectivity index (χ3v) is 8.61. The van der Waals surface area contributed by atoms with Gasteiger partial charge in [0.2, 0.25) is 5.91 Å². The molecule has 2 heterocycles. The second-order valence-electron chi connectivity index (χ2n) is 8.39. The van der Waals surface area contributed by atoms with Crippen molar-refractivity contribution in [1.82, 2.24) is 4.98 Å². The van der Waals surface area contributed by atoms with Crippen LogP contribution in [0.2, 0.25) is 0 Å². The van der Waals surface area contributed by atoms with Gasteiger partial charge in [0, 0.05) is 21.7 Å². The number of nitrogens with zero attached hydrogens (tertiary/aromatic N) is 1. The standard InChI is InChI=1S/C29H24N4OS4/c1-19-12-14-21(15-13-19)30-28(35)31-22-9-5-10-23(17-22)38-26(20-7-3-2-4-8-20)27(34)33-29-32-24(18-37-29)25-11-6-16-36-25/h2-18,26H,1H3,(H2,30,31,35)(H,32,33,34). The second-order valence-corrected chi connectivity index (χ2v) is 11.8. The predicted molar refractivity (Wildman–Crippen MR) is 167 cm³/mol. The summed E-state index contributed by atoms with van der Waals surface area (Å²) in [6.45, 7) is 2.05. The second kappa shape index (κ2) is 12.4. The Balaban J connectivity index is 1.29. The first-order chi connectivity index (χ1) is 18.5. The maximum Gasteiger partial charge on any atom is 0.244 e. The fraction of sp³-hybridized carbons (Fsp3) is 0.0690. The van der Waals surface area contributed by atoms with E-state index in [4.69, 9.17) is 12.2 Å². The Labute approximate surface area is 239 Å². The predicted octanol–water partition coefficient (Wildman–Crippen LogP) is 8.46. The average Bonchev–Trinajstić information content (AvgIpc) is 3.62. The lowest BCUT2D eigenvalue weighted by Crippen LogP contribution is -2.19. The first kappa shape index (κ1) is 26.1. The average molecular weight is 573 g/mol. The Bertz CT molecular complexity index is 1520. The minimum atomic E-state index is -0.460. The zero-order chi connectivity index (χ0) is 26.3. The summed E-state index contributed by atoms with van der Waals surface area (Å²) in [6, 6.07) is 29.7. The third-order valence-electron chi connectivity index (χ3n) is 5.50. The van der Waals surface area contributed by atoms with Gasteiger partial charge < -0.3 is 16.0 Å². The van der Waals surface area contributed by atoms with Crippen LogP contribution in [-0.2, 0) is 4.79 Å². The molecule has 2 aromatic heterocycles. The number of aromatic nitrogens is 1. The van der Waals surface area contributed by atoms with Gasteiger partial charge in [0.15, 0.2) is 10.2 Å². The number of hydrogen-bond acceptors (Lipinski definition) is 6. The van der Waals surface area contributed by atoms with Crippen molar-refractivity contribution < 1.29 is 4.79 Å². The number of benzene rings is 3. The van der Waals surface area contributed by atoms with Crippen molar-refractivity contribution in [2.24, 2.45) is 0 Å². The number of anilines is 3. The number of thiophene rings is 1. The number of thioether (sulfide) groups is 1. The smallest absolute Gasteiger partial charge is 0.244 e. The summed E-state index contributed by atoms with van der Waals surface area (Å²) >= 11 is 10.0. The van der Waals surface area contributed by atoms with Gasteiger partial charge in [-0.15, -0.1) is 34.4 Å². The summed E-state index contributed by atoms with van der Waals surface area (Å²) in [5.74, 6) is -0.122. The number of aryl methyl sites for hydroxylation is 1. The number of hydrogen-bond donors (Lipinski definition) is 3. The normalized spacial score (nSPS) is 11.5. The molecule has 190 valence electrons. The van der Waals surface area contributed by atoms with Gasteiger partial charge >= 0.3 is 0 Å². The maximum atomic E-state index is 13.5. The highest BCUT2D eigenvalue weighted by Gasteiger charge is 2.23. The van der Waals surface area contributed by atoms with E-state index in [1.165, 1.54) is 28.7 Å². The van der Waals surface area contributed by atoms with E-state index in [0.29, 0.717) is 10.2 Å². The van der Waals surface area contributed by atoms with Crippen molar-refractivity contribution in [2.75, 3.05) is 16.0 Å². The fourth-order valence-electron chi connectivity index (χ4n) is 3.65. The molecule has 0 aliphatic heterocycles. The van der Waals surface area contributed by atoms with Crippen molar-refractivity contribution in [3.8, 4) is 10.6 Å². The van der Waals surface area contributed by atoms with Crippen LogP contribution < -0.4 is 16.0 Å². The van der Waals surface area contributed by atoms with Crippen LogP contribution in [0.25, 0.3) is 10.6 Å². The molecule has 0 saturated carbocycles. The minimum absolute atomic E-state index is 0.122. The van der Waals surface area contributed by atoms with Gasteiger partial charge in [-0.25, -0.2) is 4.98 Å². The third kappa shape index (κ3) is 6.87. The topological polar surface area (TPSA) is 66.0 Å². The van der Waals surface area contributed by atoms with Crippen molar-refractivity contribution in [2.45, 2.75) is 17.1 Å². The van der Waals surface area contributed by atoms with E-state index in [1.807, 2.05) is 109 Å². The van der Waals surface area contributed by atoms with Crippen LogP contribution in [0.15, 0.2) is 107 Å². The molecular weight excluding hydrogens is 549 g/mol. The van der Waals surface area contributed by atoms with Gasteiger partial charge in [-0.3, -0.25) is 4.79 Å². The Hall–Kier alpha value is -3.50. The van der Waals surface area contributed by atoms with E-state index in [0.717, 1.165) is 32.4 Å². The van der Waals surface area contributed by atoms with Gasteiger partial charge in [0.05, 0.1) is 10.6 Å². The van der Waals surface area contributed by atoms with Crippen LogP contribution in [0.3, 0.4) is 0 Å². The molecular formula is C29H24N4OS4. The quantitative estimate of drug-likeness (QED) is 0.128. The highest BCUT2D eigenvalue weighted by atomic mass is 32.2. The number of rotatable bonds is 8. The molecule has 5 rings (SSSR count). The van der Waals surface area contributed by atoms with Gasteiger partial charge in [0.25, 0.3) is 0 Å². The molecule has 9 heteroatoms. The number of amides is 1. The van der Waals surface area contributed by atoms with E-state index in [1.54, 1.807) is 11.3 Å². The number of carbonyl (C=O) groups excluding carboxylic acids is 1. The van der Waals surface area contributed by atoms with Crippen LogP contribution in [0.1, 0.15) is 16.4 Å². The fourth-order valence-corrected chi connectivity index (χ4v) is 6.45. The number of carbonyl (C=O) groups is 1. The molecule has 1 amide bonds. The molecule has 0 spiro atoms. The number of thiazole rings is 1. The van der Waals surface area contributed by atoms with Crippen LogP contribution in [0, 0.1) is 6.92 Å². The maximum absolute atomic E-state index is 13.5. The zero-order valence-electron chi connectivity index (χ0n) is 20.4. The van der Waals surface area contributed by atoms with Gasteiger partial charge in [0.1, 0.15) is 5.25 Å². The molecule has 3 N–H and O–H groups in total. The molecule has 1 unspecified atom stereocenters. The molecule has 0 bridgehead atoms. The van der Waals surface area contributed by atoms with E-state index >= 15 is 0 Å². The summed E-state index contributed by atoms with van der Waals surface area (Å²) in [5.41, 5.74) is 4.74. The summed E-state index contributed by atoms with van der Waals surface area (Å²) in [5, 5.41) is 14.1. The van der Waals surface area contributed by atoms with Crippen LogP contribution in [0.4, 0.5) is 16.5 Å². The lowest BCUT2D eigenvalue weighted by atomic mass is 10.1. The molecule has 0 aliphatic rings. The first-order valence-corrected chi connectivity index (χ1v) is 14.8. The van der Waals surface area contributed by atoms with Crippen LogP contribution in [-0.4, -0.2) is 16.0 Å². The Morgan fingerprint density at radius 3 is 2.42 bits per heavy atom. The SMILES string of the molecule is Cc1ccc(NC(=S)Nc2cccc(SC(C(=O)Nc3nc(-c4cccs4)cs3)c3ccccc3)c2)cc1.